The monoisotopic (exact) mass is 585 g/mol. The van der Waals surface area contributed by atoms with Crippen LogP contribution in [0.2, 0.25) is 0 Å². The van der Waals surface area contributed by atoms with Gasteiger partial charge in [-0.15, -0.1) is 11.3 Å². The van der Waals surface area contributed by atoms with Crippen molar-refractivity contribution in [1.29, 1.82) is 0 Å². The number of aryl methyl sites for hydroxylation is 1. The van der Waals surface area contributed by atoms with Gasteiger partial charge in [-0.1, -0.05) is 0 Å². The topological polar surface area (TPSA) is 134 Å². The molecule has 208 valence electrons. The number of benzene rings is 1. The number of halogens is 3. The van der Waals surface area contributed by atoms with Crippen LogP contribution < -0.4 is 14.8 Å². The Balaban J connectivity index is 1.58. The minimum absolute atomic E-state index is 0.0655. The van der Waals surface area contributed by atoms with Gasteiger partial charge in [-0.05, 0) is 50.6 Å². The van der Waals surface area contributed by atoms with Crippen molar-refractivity contribution in [1.82, 2.24) is 9.97 Å². The van der Waals surface area contributed by atoms with E-state index in [1.165, 1.54) is 18.2 Å². The highest BCUT2D eigenvalue weighted by molar-refractivity contribution is 7.91. The molecule has 2 aromatic heterocycles. The number of aromatic nitrogens is 2. The molecule has 1 aliphatic heterocycles. The van der Waals surface area contributed by atoms with Crippen LogP contribution >= 0.6 is 11.3 Å². The van der Waals surface area contributed by atoms with Crippen molar-refractivity contribution in [2.24, 2.45) is 0 Å². The van der Waals surface area contributed by atoms with E-state index in [1.807, 2.05) is 0 Å². The summed E-state index contributed by atoms with van der Waals surface area (Å²) in [6.45, 7) is 5.10. The Labute approximate surface area is 225 Å². The first-order valence-electron chi connectivity index (χ1n) is 11.5. The molecule has 1 amide bonds. The average molecular weight is 586 g/mol. The number of nitrogens with zero attached hydrogens (tertiary/aromatic N) is 2. The van der Waals surface area contributed by atoms with E-state index in [0.717, 1.165) is 16.2 Å². The first-order valence-corrected chi connectivity index (χ1v) is 13.9. The van der Waals surface area contributed by atoms with Crippen LogP contribution in [-0.4, -0.2) is 49.4 Å². The highest BCUT2D eigenvalue weighted by Gasteiger charge is 2.36. The first kappa shape index (κ1) is 28.3. The number of carbonyl (C=O) groups is 2. The number of hydrogen-bond acceptors (Lipinski definition) is 10. The van der Waals surface area contributed by atoms with Crippen LogP contribution in [0.1, 0.15) is 39.8 Å². The number of hydrogen-bond donors (Lipinski definition) is 1. The lowest BCUT2D eigenvalue weighted by molar-refractivity contribution is -0.141. The second kappa shape index (κ2) is 10.8. The standard InChI is InChI=1S/C24H22F3N3O7S2/c1-4-35-22(32)20-12(2)13(3)38-21(20)30-19(31)7-8-39(33,34)23-28-15(10-18(29-23)24(25,26)27)14-5-6-16-17(9-14)37-11-36-16/h5-6,9-10H,4,7-8,11H2,1-3H3,(H,30,31). The molecule has 4 rings (SSSR count). The molecule has 0 fully saturated rings. The Morgan fingerprint density at radius 2 is 1.85 bits per heavy atom. The summed E-state index contributed by atoms with van der Waals surface area (Å²) in [5, 5.41) is 1.61. The predicted molar refractivity (Wildman–Crippen MR) is 134 cm³/mol. The molecule has 0 saturated heterocycles. The molecule has 0 bridgehead atoms. The quantitative estimate of drug-likeness (QED) is 0.299. The van der Waals surface area contributed by atoms with E-state index in [4.69, 9.17) is 14.2 Å². The maximum Gasteiger partial charge on any atom is 0.433 e. The smallest absolute Gasteiger partial charge is 0.433 e. The van der Waals surface area contributed by atoms with Crippen LogP contribution in [0.15, 0.2) is 29.4 Å². The van der Waals surface area contributed by atoms with E-state index < -0.39 is 50.9 Å². The second-order valence-electron chi connectivity index (χ2n) is 8.31. The van der Waals surface area contributed by atoms with Crippen LogP contribution in [0.3, 0.4) is 0 Å². The van der Waals surface area contributed by atoms with Gasteiger partial charge >= 0.3 is 12.1 Å². The lowest BCUT2D eigenvalue weighted by Gasteiger charge is -2.12. The highest BCUT2D eigenvalue weighted by Crippen LogP contribution is 2.37. The maximum absolute atomic E-state index is 13.6. The van der Waals surface area contributed by atoms with Gasteiger partial charge in [0.25, 0.3) is 0 Å². The van der Waals surface area contributed by atoms with Crippen LogP contribution in [0, 0.1) is 13.8 Å². The van der Waals surface area contributed by atoms with Gasteiger partial charge < -0.3 is 19.5 Å². The third kappa shape index (κ3) is 6.14. The van der Waals surface area contributed by atoms with Crippen molar-refractivity contribution < 1.29 is 45.4 Å². The molecule has 0 radical (unpaired) electrons. The number of amides is 1. The zero-order valence-electron chi connectivity index (χ0n) is 20.8. The fourth-order valence-electron chi connectivity index (χ4n) is 3.58. The molecule has 0 saturated carbocycles. The summed E-state index contributed by atoms with van der Waals surface area (Å²) in [7, 11) is -4.54. The molecule has 0 aliphatic carbocycles. The highest BCUT2D eigenvalue weighted by atomic mass is 32.2. The number of thiophene rings is 1. The van der Waals surface area contributed by atoms with Gasteiger partial charge in [0, 0.05) is 16.9 Å². The molecule has 3 aromatic rings. The molecule has 1 N–H and O–H groups in total. The third-order valence-electron chi connectivity index (χ3n) is 5.66. The molecule has 3 heterocycles. The van der Waals surface area contributed by atoms with Gasteiger partial charge in [0.1, 0.15) is 10.7 Å². The van der Waals surface area contributed by atoms with Gasteiger partial charge in [-0.3, -0.25) is 4.79 Å². The molecule has 39 heavy (non-hydrogen) atoms. The molecule has 0 atom stereocenters. The Kier molecular flexibility index (Phi) is 7.84. The molecule has 10 nitrogen and oxygen atoms in total. The largest absolute Gasteiger partial charge is 0.462 e. The second-order valence-corrected chi connectivity index (χ2v) is 11.5. The number of anilines is 1. The van der Waals surface area contributed by atoms with Crippen LogP contribution in [0.5, 0.6) is 11.5 Å². The molecule has 0 spiro atoms. The molecular formula is C24H22F3N3O7S2. The number of sulfone groups is 1. The van der Waals surface area contributed by atoms with Crippen LogP contribution in [0.25, 0.3) is 11.3 Å². The number of carbonyl (C=O) groups excluding carboxylic acids is 2. The minimum atomic E-state index is -4.96. The van der Waals surface area contributed by atoms with E-state index in [1.54, 1.807) is 20.8 Å². The SMILES string of the molecule is CCOC(=O)c1c(NC(=O)CCS(=O)(=O)c2nc(-c3ccc4c(c3)OCO4)cc(C(F)(F)F)n2)sc(C)c1C. The zero-order chi connectivity index (χ0) is 28.5. The summed E-state index contributed by atoms with van der Waals surface area (Å²) < 4.78 is 82.2. The summed E-state index contributed by atoms with van der Waals surface area (Å²) >= 11 is 1.11. The van der Waals surface area contributed by atoms with Crippen molar-refractivity contribution in [3.05, 3.63) is 46.0 Å². The zero-order valence-corrected chi connectivity index (χ0v) is 22.5. The lowest BCUT2D eigenvalue weighted by Crippen LogP contribution is -2.21. The van der Waals surface area contributed by atoms with Gasteiger partial charge in [-0.25, -0.2) is 23.2 Å². The van der Waals surface area contributed by atoms with Gasteiger partial charge in [0.2, 0.25) is 27.7 Å². The summed E-state index contributed by atoms with van der Waals surface area (Å²) in [5.41, 5.74) is -0.852. The molecule has 15 heteroatoms. The Hall–Kier alpha value is -3.72. The lowest BCUT2D eigenvalue weighted by atomic mass is 10.1. The summed E-state index contributed by atoms with van der Waals surface area (Å²) in [6.07, 6.45) is -5.59. The van der Waals surface area contributed by atoms with Crippen molar-refractivity contribution >= 4 is 38.1 Å². The van der Waals surface area contributed by atoms with E-state index in [-0.39, 0.29) is 41.0 Å². The van der Waals surface area contributed by atoms with Crippen molar-refractivity contribution in [2.75, 3.05) is 24.5 Å². The van der Waals surface area contributed by atoms with Crippen LogP contribution in [-0.2, 0) is 25.5 Å². The fraction of sp³-hybridized carbons (Fsp3) is 0.333. The Bertz CT molecular complexity index is 1550. The van der Waals surface area contributed by atoms with E-state index >= 15 is 0 Å². The average Bonchev–Trinajstić information content (AvgIpc) is 3.45. The van der Waals surface area contributed by atoms with E-state index in [0.29, 0.717) is 17.4 Å². The number of ether oxygens (including phenoxy) is 3. The molecule has 0 unspecified atom stereocenters. The molecule has 1 aromatic carbocycles. The van der Waals surface area contributed by atoms with Crippen LogP contribution in [0.4, 0.5) is 18.2 Å². The molecule has 1 aliphatic rings. The summed E-state index contributed by atoms with van der Waals surface area (Å²) in [5.74, 6) is -1.64. The van der Waals surface area contributed by atoms with Gasteiger partial charge in [0.05, 0.1) is 23.6 Å². The van der Waals surface area contributed by atoms with E-state index in [9.17, 15) is 31.2 Å². The summed E-state index contributed by atoms with van der Waals surface area (Å²) in [4.78, 5) is 32.8. The van der Waals surface area contributed by atoms with Crippen molar-refractivity contribution in [2.45, 2.75) is 38.5 Å². The normalized spacial score (nSPS) is 12.9. The van der Waals surface area contributed by atoms with Gasteiger partial charge in [0.15, 0.2) is 11.5 Å². The maximum atomic E-state index is 13.6. The molecular weight excluding hydrogens is 563 g/mol. The Morgan fingerprint density at radius 3 is 2.54 bits per heavy atom. The number of rotatable bonds is 8. The number of fused-ring (bicyclic) bond motifs is 1. The number of nitrogens with one attached hydrogen (secondary N) is 1. The Morgan fingerprint density at radius 1 is 1.13 bits per heavy atom. The third-order valence-corrected chi connectivity index (χ3v) is 8.26. The minimum Gasteiger partial charge on any atom is -0.462 e. The number of esters is 1. The van der Waals surface area contributed by atoms with Gasteiger partial charge in [-0.2, -0.15) is 13.2 Å². The van der Waals surface area contributed by atoms with Crippen molar-refractivity contribution in [3.63, 3.8) is 0 Å². The predicted octanol–water partition coefficient (Wildman–Crippen LogP) is 4.55. The van der Waals surface area contributed by atoms with Crippen molar-refractivity contribution in [3.8, 4) is 22.8 Å². The van der Waals surface area contributed by atoms with E-state index in [2.05, 4.69) is 15.3 Å². The summed E-state index contributed by atoms with van der Waals surface area (Å²) in [6, 6.07) is 4.87. The number of alkyl halides is 3. The first-order chi connectivity index (χ1) is 18.3. The fourth-order valence-corrected chi connectivity index (χ4v) is 5.76.